The molecule has 3 rings (SSSR count). The highest BCUT2D eigenvalue weighted by atomic mass is 35.5. The second-order valence-corrected chi connectivity index (χ2v) is 7.79. The number of hydrogen-bond donors (Lipinski definition) is 1. The molecule has 166 valence electrons. The summed E-state index contributed by atoms with van der Waals surface area (Å²) >= 11 is 12.3. The van der Waals surface area contributed by atoms with Crippen molar-refractivity contribution in [1.82, 2.24) is 5.32 Å². The minimum absolute atomic E-state index is 0.122. The first kappa shape index (κ1) is 23.6. The fraction of sp³-hybridized carbons (Fsp3) is 0.200. The van der Waals surface area contributed by atoms with Crippen LogP contribution >= 0.6 is 23.2 Å². The van der Waals surface area contributed by atoms with Crippen molar-refractivity contribution in [2.75, 3.05) is 13.7 Å². The fourth-order valence-corrected chi connectivity index (χ4v) is 3.89. The quantitative estimate of drug-likeness (QED) is 0.435. The van der Waals surface area contributed by atoms with Crippen molar-refractivity contribution >= 4 is 35.1 Å². The van der Waals surface area contributed by atoms with Crippen LogP contribution in [-0.4, -0.2) is 31.6 Å². The fourth-order valence-electron chi connectivity index (χ4n) is 3.32. The molecule has 1 N–H and O–H groups in total. The summed E-state index contributed by atoms with van der Waals surface area (Å²) in [6.07, 6.45) is 0.249. The molecule has 0 bridgehead atoms. The zero-order valence-electron chi connectivity index (χ0n) is 17.7. The van der Waals surface area contributed by atoms with Gasteiger partial charge in [0, 0.05) is 12.0 Å². The van der Waals surface area contributed by atoms with Crippen LogP contribution in [0.1, 0.15) is 22.8 Å². The molecule has 0 saturated carbocycles. The van der Waals surface area contributed by atoms with E-state index in [2.05, 4.69) is 5.32 Å². The third-order valence-corrected chi connectivity index (χ3v) is 5.51. The van der Waals surface area contributed by atoms with Gasteiger partial charge in [0.05, 0.1) is 29.3 Å². The van der Waals surface area contributed by atoms with E-state index in [4.69, 9.17) is 32.7 Å². The highest BCUT2D eigenvalue weighted by molar-refractivity contribution is 6.39. The predicted octanol–water partition coefficient (Wildman–Crippen LogP) is 5.57. The first-order chi connectivity index (χ1) is 15.4. The van der Waals surface area contributed by atoms with Gasteiger partial charge in [-0.2, -0.15) is 0 Å². The van der Waals surface area contributed by atoms with Gasteiger partial charge in [0.15, 0.2) is 0 Å². The minimum atomic E-state index is -0.896. The Hall–Kier alpha value is -3.02. The smallest absolute Gasteiger partial charge is 0.328 e. The van der Waals surface area contributed by atoms with Crippen molar-refractivity contribution < 1.29 is 19.1 Å². The summed E-state index contributed by atoms with van der Waals surface area (Å²) in [4.78, 5) is 25.3. The Kier molecular flexibility index (Phi) is 8.14. The van der Waals surface area contributed by atoms with Gasteiger partial charge in [0.25, 0.3) is 5.91 Å². The summed E-state index contributed by atoms with van der Waals surface area (Å²) in [5, 5.41) is 3.12. The van der Waals surface area contributed by atoms with Crippen LogP contribution in [0.3, 0.4) is 0 Å². The Bertz CT molecular complexity index is 1080. The van der Waals surface area contributed by atoms with E-state index in [9.17, 15) is 9.59 Å². The molecule has 0 aliphatic rings. The van der Waals surface area contributed by atoms with Gasteiger partial charge in [-0.3, -0.25) is 4.79 Å². The largest absolute Gasteiger partial charge is 0.496 e. The van der Waals surface area contributed by atoms with Crippen molar-refractivity contribution in [3.63, 3.8) is 0 Å². The second-order valence-electron chi connectivity index (χ2n) is 6.98. The second kappa shape index (κ2) is 11.0. The Labute approximate surface area is 197 Å². The third-order valence-electron chi connectivity index (χ3n) is 4.88. The van der Waals surface area contributed by atoms with Crippen LogP contribution in [0, 0.1) is 0 Å². The van der Waals surface area contributed by atoms with Gasteiger partial charge >= 0.3 is 5.97 Å². The number of hydrogen-bond acceptors (Lipinski definition) is 4. The van der Waals surface area contributed by atoms with E-state index in [1.165, 1.54) is 0 Å². The lowest BCUT2D eigenvalue weighted by Gasteiger charge is -2.18. The summed E-state index contributed by atoms with van der Waals surface area (Å²) in [6.45, 7) is 1.91. The Morgan fingerprint density at radius 1 is 0.938 bits per heavy atom. The Morgan fingerprint density at radius 2 is 1.59 bits per heavy atom. The maximum absolute atomic E-state index is 12.8. The van der Waals surface area contributed by atoms with E-state index in [-0.39, 0.29) is 28.6 Å². The van der Waals surface area contributed by atoms with Crippen molar-refractivity contribution in [2.45, 2.75) is 19.4 Å². The van der Waals surface area contributed by atoms with Crippen LogP contribution in [0.25, 0.3) is 11.1 Å². The van der Waals surface area contributed by atoms with Crippen LogP contribution < -0.4 is 10.1 Å². The molecule has 0 heterocycles. The highest BCUT2D eigenvalue weighted by Gasteiger charge is 2.25. The molecule has 5 nitrogen and oxygen atoms in total. The molecule has 0 spiro atoms. The first-order valence-corrected chi connectivity index (χ1v) is 10.8. The molecule has 0 aliphatic heterocycles. The zero-order chi connectivity index (χ0) is 23.1. The number of halogens is 2. The SMILES string of the molecule is CCOC(=O)[C@H](Cc1ccc(-c2ccccc2OC)cc1)NC(=O)c1c(Cl)cccc1Cl. The Morgan fingerprint density at radius 3 is 2.22 bits per heavy atom. The number of amides is 1. The molecule has 0 radical (unpaired) electrons. The first-order valence-electron chi connectivity index (χ1n) is 10.1. The van der Waals surface area contributed by atoms with Crippen LogP contribution in [0.2, 0.25) is 10.0 Å². The summed E-state index contributed by atoms with van der Waals surface area (Å²) in [5.74, 6) is -0.296. The molecule has 0 saturated heterocycles. The van der Waals surface area contributed by atoms with Crippen molar-refractivity contribution in [1.29, 1.82) is 0 Å². The van der Waals surface area contributed by atoms with Crippen molar-refractivity contribution in [3.05, 3.63) is 87.9 Å². The van der Waals surface area contributed by atoms with Crippen LogP contribution in [0.4, 0.5) is 0 Å². The van der Waals surface area contributed by atoms with Gasteiger partial charge in [-0.25, -0.2) is 4.79 Å². The lowest BCUT2D eigenvalue weighted by Crippen LogP contribution is -2.43. The van der Waals surface area contributed by atoms with Gasteiger partial charge in [0.2, 0.25) is 0 Å². The number of esters is 1. The number of carbonyl (C=O) groups is 2. The molecule has 0 aliphatic carbocycles. The van der Waals surface area contributed by atoms with E-state index in [0.29, 0.717) is 0 Å². The number of carbonyl (C=O) groups excluding carboxylic acids is 2. The molecule has 0 aromatic heterocycles. The average Bonchev–Trinajstić information content (AvgIpc) is 2.79. The summed E-state index contributed by atoms with van der Waals surface area (Å²) < 4.78 is 10.6. The molecule has 32 heavy (non-hydrogen) atoms. The molecule has 1 atom stereocenters. The number of benzene rings is 3. The van der Waals surface area contributed by atoms with Crippen LogP contribution in [0.5, 0.6) is 5.75 Å². The topological polar surface area (TPSA) is 64.6 Å². The molecule has 7 heteroatoms. The Balaban J connectivity index is 1.81. The summed E-state index contributed by atoms with van der Waals surface area (Å²) in [5.41, 5.74) is 2.92. The average molecular weight is 472 g/mol. The van der Waals surface area contributed by atoms with Gasteiger partial charge in [-0.15, -0.1) is 0 Å². The molecular weight excluding hydrogens is 449 g/mol. The maximum atomic E-state index is 12.8. The van der Waals surface area contributed by atoms with Crippen LogP contribution in [0.15, 0.2) is 66.7 Å². The van der Waals surface area contributed by atoms with E-state index in [0.717, 1.165) is 22.4 Å². The predicted molar refractivity (Wildman–Crippen MR) is 126 cm³/mol. The lowest BCUT2D eigenvalue weighted by molar-refractivity contribution is -0.145. The van der Waals surface area contributed by atoms with Gasteiger partial charge in [-0.1, -0.05) is 71.7 Å². The summed E-state index contributed by atoms with van der Waals surface area (Å²) in [7, 11) is 1.63. The standard InChI is InChI=1S/C25H23Cl2NO4/c1-3-32-25(30)21(28-24(29)23-19(26)8-6-9-20(23)27)15-16-11-13-17(14-12-16)18-7-4-5-10-22(18)31-2/h4-14,21H,3,15H2,1-2H3,(H,28,29)/t21-/m0/s1. The highest BCUT2D eigenvalue weighted by Crippen LogP contribution is 2.30. The van der Waals surface area contributed by atoms with Gasteiger partial charge in [0.1, 0.15) is 11.8 Å². The number of para-hydroxylation sites is 1. The monoisotopic (exact) mass is 471 g/mol. The summed E-state index contributed by atoms with van der Waals surface area (Å²) in [6, 6.07) is 19.3. The number of rotatable bonds is 8. The van der Waals surface area contributed by atoms with E-state index >= 15 is 0 Å². The molecule has 0 fully saturated rings. The lowest BCUT2D eigenvalue weighted by atomic mass is 10.00. The molecule has 3 aromatic carbocycles. The van der Waals surface area contributed by atoms with Gasteiger partial charge < -0.3 is 14.8 Å². The third kappa shape index (κ3) is 5.61. The van der Waals surface area contributed by atoms with E-state index in [1.807, 2.05) is 48.5 Å². The van der Waals surface area contributed by atoms with E-state index in [1.54, 1.807) is 32.2 Å². The molecular formula is C25H23Cl2NO4. The molecule has 3 aromatic rings. The maximum Gasteiger partial charge on any atom is 0.328 e. The van der Waals surface area contributed by atoms with Crippen molar-refractivity contribution in [2.24, 2.45) is 0 Å². The molecule has 1 amide bonds. The zero-order valence-corrected chi connectivity index (χ0v) is 19.2. The van der Waals surface area contributed by atoms with Crippen LogP contribution in [-0.2, 0) is 16.0 Å². The minimum Gasteiger partial charge on any atom is -0.496 e. The van der Waals surface area contributed by atoms with Gasteiger partial charge in [-0.05, 0) is 36.2 Å². The van der Waals surface area contributed by atoms with Crippen molar-refractivity contribution in [3.8, 4) is 16.9 Å². The van der Waals surface area contributed by atoms with E-state index < -0.39 is 17.9 Å². The normalized spacial score (nSPS) is 11.5. The molecule has 0 unspecified atom stereocenters. The number of ether oxygens (including phenoxy) is 2. The number of methoxy groups -OCH3 is 1. The number of nitrogens with one attached hydrogen (secondary N) is 1.